The van der Waals surface area contributed by atoms with E-state index in [1.165, 1.54) is 31.2 Å². The minimum Gasteiger partial charge on any atom is -0.263 e. The zero-order valence-electron chi connectivity index (χ0n) is 8.63. The smallest absolute Gasteiger partial charge is 0.0621 e. The average molecular weight is 289 g/mol. The summed E-state index contributed by atoms with van der Waals surface area (Å²) in [6, 6.07) is 2.04. The SMILES string of the molecule is Clc1cnccc1CC1CCCC(Br)C1. The van der Waals surface area contributed by atoms with Crippen molar-refractivity contribution in [3.05, 3.63) is 29.0 Å². The average Bonchev–Trinajstić information content (AvgIpc) is 2.22. The third kappa shape index (κ3) is 3.18. The maximum absolute atomic E-state index is 6.11. The van der Waals surface area contributed by atoms with E-state index in [-0.39, 0.29) is 0 Å². The highest BCUT2D eigenvalue weighted by atomic mass is 79.9. The molecule has 0 spiro atoms. The molecule has 1 fully saturated rings. The van der Waals surface area contributed by atoms with Gasteiger partial charge in [-0.3, -0.25) is 4.98 Å². The molecule has 1 saturated carbocycles. The molecule has 2 atom stereocenters. The van der Waals surface area contributed by atoms with Crippen molar-refractivity contribution < 1.29 is 0 Å². The van der Waals surface area contributed by atoms with Crippen molar-refractivity contribution >= 4 is 27.5 Å². The van der Waals surface area contributed by atoms with E-state index in [0.29, 0.717) is 4.83 Å². The zero-order valence-corrected chi connectivity index (χ0v) is 11.0. The molecule has 1 aromatic rings. The van der Waals surface area contributed by atoms with Crippen LogP contribution in [0.25, 0.3) is 0 Å². The van der Waals surface area contributed by atoms with Gasteiger partial charge >= 0.3 is 0 Å². The van der Waals surface area contributed by atoms with E-state index in [0.717, 1.165) is 17.4 Å². The monoisotopic (exact) mass is 287 g/mol. The third-order valence-corrected chi connectivity index (χ3v) is 4.26. The van der Waals surface area contributed by atoms with Crippen LogP contribution in [0.1, 0.15) is 31.2 Å². The molecule has 0 saturated heterocycles. The van der Waals surface area contributed by atoms with Crippen LogP contribution in [0.4, 0.5) is 0 Å². The lowest BCUT2D eigenvalue weighted by Gasteiger charge is -2.25. The Labute approximate surface area is 104 Å². The number of hydrogen-bond donors (Lipinski definition) is 0. The fourth-order valence-electron chi connectivity index (χ4n) is 2.29. The molecule has 2 unspecified atom stereocenters. The molecule has 1 heterocycles. The summed E-state index contributed by atoms with van der Waals surface area (Å²) in [7, 11) is 0. The Hall–Kier alpha value is -0.0800. The Balaban J connectivity index is 1.99. The van der Waals surface area contributed by atoms with Gasteiger partial charge in [0.2, 0.25) is 0 Å². The van der Waals surface area contributed by atoms with Crippen LogP contribution in [0, 0.1) is 5.92 Å². The standard InChI is InChI=1S/C12H15BrClN/c13-11-3-1-2-9(7-11)6-10-4-5-15-8-12(10)14/h4-5,8-9,11H,1-3,6-7H2. The summed E-state index contributed by atoms with van der Waals surface area (Å²) in [5.41, 5.74) is 1.25. The Morgan fingerprint density at radius 1 is 1.47 bits per heavy atom. The normalized spacial score (nSPS) is 26.5. The van der Waals surface area contributed by atoms with E-state index < -0.39 is 0 Å². The van der Waals surface area contributed by atoms with Crippen molar-refractivity contribution in [3.8, 4) is 0 Å². The van der Waals surface area contributed by atoms with E-state index >= 15 is 0 Å². The summed E-state index contributed by atoms with van der Waals surface area (Å²) in [5, 5.41) is 0.814. The number of hydrogen-bond acceptors (Lipinski definition) is 1. The van der Waals surface area contributed by atoms with Gasteiger partial charge in [-0.2, -0.15) is 0 Å². The predicted octanol–water partition coefficient (Wildman–Crippen LogP) is 4.23. The van der Waals surface area contributed by atoms with Crippen molar-refractivity contribution in [2.45, 2.75) is 36.9 Å². The van der Waals surface area contributed by atoms with Crippen molar-refractivity contribution in [2.24, 2.45) is 5.92 Å². The van der Waals surface area contributed by atoms with Gasteiger partial charge in [-0.05, 0) is 36.8 Å². The van der Waals surface area contributed by atoms with Gasteiger partial charge < -0.3 is 0 Å². The van der Waals surface area contributed by atoms with Crippen LogP contribution in [0.5, 0.6) is 0 Å². The summed E-state index contributed by atoms with van der Waals surface area (Å²) < 4.78 is 0. The molecule has 0 aliphatic heterocycles. The minimum atomic E-state index is 0.705. The predicted molar refractivity (Wildman–Crippen MR) is 67.6 cm³/mol. The van der Waals surface area contributed by atoms with Crippen molar-refractivity contribution in [1.29, 1.82) is 0 Å². The minimum absolute atomic E-state index is 0.705. The molecule has 15 heavy (non-hydrogen) atoms. The van der Waals surface area contributed by atoms with Crippen molar-refractivity contribution in [3.63, 3.8) is 0 Å². The van der Waals surface area contributed by atoms with E-state index in [2.05, 4.69) is 20.9 Å². The van der Waals surface area contributed by atoms with Gasteiger partial charge in [0.25, 0.3) is 0 Å². The zero-order chi connectivity index (χ0) is 10.7. The topological polar surface area (TPSA) is 12.9 Å². The number of alkyl halides is 1. The Bertz CT molecular complexity index is 329. The second-order valence-corrected chi connectivity index (χ2v) is 6.00. The molecular formula is C12H15BrClN. The lowest BCUT2D eigenvalue weighted by molar-refractivity contribution is 0.368. The molecule has 0 aromatic carbocycles. The van der Waals surface area contributed by atoms with Crippen LogP contribution in [-0.2, 0) is 6.42 Å². The van der Waals surface area contributed by atoms with Crippen LogP contribution in [0.3, 0.4) is 0 Å². The quantitative estimate of drug-likeness (QED) is 0.742. The fraction of sp³-hybridized carbons (Fsp3) is 0.583. The first kappa shape index (κ1) is 11.4. The van der Waals surface area contributed by atoms with Crippen LogP contribution >= 0.6 is 27.5 Å². The molecule has 0 radical (unpaired) electrons. The number of pyridine rings is 1. The van der Waals surface area contributed by atoms with Crippen LogP contribution in [0.2, 0.25) is 5.02 Å². The molecule has 2 rings (SSSR count). The van der Waals surface area contributed by atoms with Gasteiger partial charge in [-0.25, -0.2) is 0 Å². The first-order chi connectivity index (χ1) is 7.25. The Morgan fingerprint density at radius 3 is 3.07 bits per heavy atom. The second kappa shape index (κ2) is 5.31. The first-order valence-electron chi connectivity index (χ1n) is 5.48. The summed E-state index contributed by atoms with van der Waals surface area (Å²) in [6.45, 7) is 0. The van der Waals surface area contributed by atoms with Crippen LogP contribution in [0.15, 0.2) is 18.5 Å². The highest BCUT2D eigenvalue weighted by Gasteiger charge is 2.20. The summed E-state index contributed by atoms with van der Waals surface area (Å²) >= 11 is 9.82. The molecule has 1 aliphatic carbocycles. The van der Waals surface area contributed by atoms with Crippen LogP contribution < -0.4 is 0 Å². The highest BCUT2D eigenvalue weighted by molar-refractivity contribution is 9.09. The molecule has 82 valence electrons. The van der Waals surface area contributed by atoms with Crippen molar-refractivity contribution in [1.82, 2.24) is 4.98 Å². The molecule has 3 heteroatoms. The van der Waals surface area contributed by atoms with Gasteiger partial charge in [-0.15, -0.1) is 0 Å². The van der Waals surface area contributed by atoms with Gasteiger partial charge in [0.05, 0.1) is 5.02 Å². The lowest BCUT2D eigenvalue weighted by Crippen LogP contribution is -2.17. The Morgan fingerprint density at radius 2 is 2.33 bits per heavy atom. The van der Waals surface area contributed by atoms with E-state index in [9.17, 15) is 0 Å². The molecular weight excluding hydrogens is 273 g/mol. The fourth-order valence-corrected chi connectivity index (χ4v) is 3.34. The highest BCUT2D eigenvalue weighted by Crippen LogP contribution is 2.32. The first-order valence-corrected chi connectivity index (χ1v) is 6.77. The van der Waals surface area contributed by atoms with E-state index in [4.69, 9.17) is 11.6 Å². The summed E-state index contributed by atoms with van der Waals surface area (Å²) in [5.74, 6) is 0.781. The largest absolute Gasteiger partial charge is 0.263 e. The van der Waals surface area contributed by atoms with Gasteiger partial charge in [0, 0.05) is 17.2 Å². The van der Waals surface area contributed by atoms with Crippen molar-refractivity contribution in [2.75, 3.05) is 0 Å². The lowest BCUT2D eigenvalue weighted by atomic mass is 9.85. The molecule has 0 amide bonds. The second-order valence-electron chi connectivity index (χ2n) is 4.30. The summed E-state index contributed by atoms with van der Waals surface area (Å²) in [6.07, 6.45) is 9.94. The maximum Gasteiger partial charge on any atom is 0.0621 e. The number of nitrogens with zero attached hydrogens (tertiary/aromatic N) is 1. The van der Waals surface area contributed by atoms with Crippen LogP contribution in [-0.4, -0.2) is 9.81 Å². The molecule has 0 N–H and O–H groups in total. The van der Waals surface area contributed by atoms with E-state index in [1.807, 2.05) is 12.3 Å². The van der Waals surface area contributed by atoms with Gasteiger partial charge in [0.15, 0.2) is 0 Å². The maximum atomic E-state index is 6.11. The number of halogens is 2. The van der Waals surface area contributed by atoms with Gasteiger partial charge in [0.1, 0.15) is 0 Å². The number of rotatable bonds is 2. The Kier molecular flexibility index (Phi) is 4.04. The molecule has 1 aliphatic rings. The summed E-state index contributed by atoms with van der Waals surface area (Å²) in [4.78, 5) is 4.72. The number of aromatic nitrogens is 1. The third-order valence-electron chi connectivity index (χ3n) is 3.08. The molecule has 0 bridgehead atoms. The molecule has 1 aromatic heterocycles. The molecule has 1 nitrogen and oxygen atoms in total. The van der Waals surface area contributed by atoms with E-state index in [1.54, 1.807) is 6.20 Å². The van der Waals surface area contributed by atoms with Gasteiger partial charge in [-0.1, -0.05) is 40.4 Å².